The van der Waals surface area contributed by atoms with Crippen LogP contribution in [0.1, 0.15) is 96.7 Å². The third kappa shape index (κ3) is 9.48. The maximum Gasteiger partial charge on any atom is 0.326 e. The van der Waals surface area contributed by atoms with Gasteiger partial charge >= 0.3 is 5.97 Å². The fourth-order valence-corrected chi connectivity index (χ4v) is 9.41. The Bertz CT molecular complexity index is 2400. The van der Waals surface area contributed by atoms with Gasteiger partial charge in [-0.2, -0.15) is 0 Å². The number of benzene rings is 4. The van der Waals surface area contributed by atoms with Crippen molar-refractivity contribution in [3.05, 3.63) is 142 Å². The van der Waals surface area contributed by atoms with Crippen molar-refractivity contribution in [1.82, 2.24) is 15.2 Å². The number of carboxylic acids is 1. The van der Waals surface area contributed by atoms with Gasteiger partial charge in [-0.25, -0.2) is 13.6 Å². The summed E-state index contributed by atoms with van der Waals surface area (Å²) in [4.78, 5) is 35.8. The van der Waals surface area contributed by atoms with Gasteiger partial charge in [-0.15, -0.1) is 0 Å². The van der Waals surface area contributed by atoms with Gasteiger partial charge in [0.05, 0.1) is 11.7 Å². The van der Waals surface area contributed by atoms with E-state index in [1.807, 2.05) is 75.4 Å². The van der Waals surface area contributed by atoms with E-state index in [4.69, 9.17) is 9.47 Å². The van der Waals surface area contributed by atoms with Crippen molar-refractivity contribution in [3.63, 3.8) is 0 Å². The second-order valence-corrected chi connectivity index (χ2v) is 17.3. The summed E-state index contributed by atoms with van der Waals surface area (Å²) in [5.41, 5.74) is 9.74. The quantitative estimate of drug-likeness (QED) is 0.121. The molecule has 1 aromatic heterocycles. The zero-order chi connectivity index (χ0) is 43.5. The van der Waals surface area contributed by atoms with E-state index < -0.39 is 35.8 Å². The Balaban J connectivity index is 0.983. The highest BCUT2D eigenvalue weighted by atomic mass is 19.2. The number of pyridine rings is 1. The Labute approximate surface area is 363 Å². The van der Waals surface area contributed by atoms with Crippen molar-refractivity contribution < 1.29 is 33.0 Å². The molecule has 2 aliphatic heterocycles. The third-order valence-corrected chi connectivity index (χ3v) is 13.2. The van der Waals surface area contributed by atoms with E-state index in [0.29, 0.717) is 36.6 Å². The molecule has 324 valence electrons. The molecule has 1 fully saturated rings. The number of hydrogen-bond acceptors (Lipinski definition) is 7. The van der Waals surface area contributed by atoms with Gasteiger partial charge < -0.3 is 24.8 Å². The van der Waals surface area contributed by atoms with E-state index in [9.17, 15) is 23.5 Å². The summed E-state index contributed by atoms with van der Waals surface area (Å²) in [6.45, 7) is 8.05. The lowest BCUT2D eigenvalue weighted by Gasteiger charge is -2.38. The van der Waals surface area contributed by atoms with Gasteiger partial charge in [0.1, 0.15) is 29.7 Å². The van der Waals surface area contributed by atoms with Gasteiger partial charge in [-0.05, 0) is 132 Å². The van der Waals surface area contributed by atoms with Crippen molar-refractivity contribution in [3.8, 4) is 22.6 Å². The van der Waals surface area contributed by atoms with Crippen molar-refractivity contribution in [2.24, 2.45) is 5.92 Å². The number of fused-ring (bicyclic) bond motifs is 2. The number of carbonyl (C=O) groups excluding carboxylic acids is 1. The number of carboxylic acid groups (broad SMARTS) is 1. The second kappa shape index (κ2) is 18.7. The van der Waals surface area contributed by atoms with Crippen molar-refractivity contribution >= 4 is 17.6 Å². The highest BCUT2D eigenvalue weighted by molar-refractivity contribution is 5.88. The summed E-state index contributed by atoms with van der Waals surface area (Å²) in [6.07, 6.45) is 7.73. The lowest BCUT2D eigenvalue weighted by molar-refractivity contribution is -0.142. The molecule has 8 rings (SSSR count). The van der Waals surface area contributed by atoms with E-state index >= 15 is 0 Å². The van der Waals surface area contributed by atoms with E-state index in [-0.39, 0.29) is 18.4 Å². The highest BCUT2D eigenvalue weighted by Crippen LogP contribution is 2.42. The van der Waals surface area contributed by atoms with Crippen LogP contribution in [-0.2, 0) is 29.0 Å². The summed E-state index contributed by atoms with van der Waals surface area (Å²) >= 11 is 0. The number of aromatic nitrogens is 1. The van der Waals surface area contributed by atoms with Crippen molar-refractivity contribution in [2.45, 2.75) is 103 Å². The van der Waals surface area contributed by atoms with Crippen LogP contribution < -0.4 is 19.7 Å². The van der Waals surface area contributed by atoms with Crippen molar-refractivity contribution in [2.75, 3.05) is 25.0 Å². The molecular weight excluding hydrogens is 787 g/mol. The summed E-state index contributed by atoms with van der Waals surface area (Å²) in [7, 11) is 2.06. The molecule has 3 heterocycles. The maximum absolute atomic E-state index is 14.3. The molecule has 4 atom stereocenters. The number of halogens is 2. The van der Waals surface area contributed by atoms with Crippen LogP contribution in [0.5, 0.6) is 11.5 Å². The Morgan fingerprint density at radius 1 is 0.935 bits per heavy atom. The lowest BCUT2D eigenvalue weighted by atomic mass is 9.90. The Kier molecular flexibility index (Phi) is 12.9. The van der Waals surface area contributed by atoms with E-state index in [1.54, 1.807) is 12.3 Å². The first-order chi connectivity index (χ1) is 29.9. The molecule has 5 aromatic rings. The SMILES string of the molecule is CC[C@@H](Oc1ccc([C@H]2CCN(C)c3cc4c(cc3O2)CN(CC2CCCC2)[C@H](C(=O)N[C@@H](Cc2ccc(-c3ccnc(C)c3C)cc2)C(=O)O)C4)cc1)c1ccc(F)c(F)c1. The topological polar surface area (TPSA) is 104 Å². The fourth-order valence-electron chi connectivity index (χ4n) is 9.41. The molecule has 62 heavy (non-hydrogen) atoms. The van der Waals surface area contributed by atoms with Crippen LogP contribution in [0.4, 0.5) is 14.5 Å². The number of carbonyl (C=O) groups is 2. The number of nitrogens with one attached hydrogen (secondary N) is 1. The minimum Gasteiger partial charge on any atom is -0.486 e. The van der Waals surface area contributed by atoms with Crippen LogP contribution in [0, 0.1) is 31.4 Å². The van der Waals surface area contributed by atoms with E-state index in [1.165, 1.54) is 18.9 Å². The molecule has 1 amide bonds. The first-order valence-electron chi connectivity index (χ1n) is 22.0. The number of amides is 1. The summed E-state index contributed by atoms with van der Waals surface area (Å²) in [5, 5.41) is 13.3. The standard InChI is InChI=1S/C51H56F2N4O5/c1-5-47(37-16-19-42(52)43(53)25-37)61-40-17-14-36(15-18-40)48-21-23-56(4)45-26-38-27-46(57(29-34-8-6-7-9-34)30-39(38)28-49(45)62-48)50(58)55-44(51(59)60)24-33-10-12-35(13-11-33)41-20-22-54-32(3)31(41)2/h10-20,22,25-26,28,34,44,46-48H,5-9,21,23-24,27,29-30H2,1-4H3,(H,55,58)(H,59,60)/t44-,46-,47+,48+/m0/s1. The molecule has 1 saturated carbocycles. The number of rotatable bonds is 13. The summed E-state index contributed by atoms with van der Waals surface area (Å²) < 4.78 is 40.6. The molecule has 9 nitrogen and oxygen atoms in total. The van der Waals surface area contributed by atoms with Crippen LogP contribution in [0.15, 0.2) is 91.1 Å². The van der Waals surface area contributed by atoms with Gasteiger partial charge in [-0.3, -0.25) is 14.7 Å². The van der Waals surface area contributed by atoms with E-state index in [2.05, 4.69) is 39.3 Å². The average molecular weight is 843 g/mol. The largest absolute Gasteiger partial charge is 0.486 e. The molecule has 3 aliphatic rings. The molecule has 0 spiro atoms. The normalized spacial score (nSPS) is 18.8. The average Bonchev–Trinajstić information content (AvgIpc) is 3.73. The highest BCUT2D eigenvalue weighted by Gasteiger charge is 2.37. The molecule has 0 unspecified atom stereocenters. The van der Waals surface area contributed by atoms with Crippen LogP contribution in [0.2, 0.25) is 0 Å². The van der Waals surface area contributed by atoms with Gasteiger partial charge in [-0.1, -0.05) is 62.2 Å². The molecule has 4 aromatic carbocycles. The zero-order valence-corrected chi connectivity index (χ0v) is 36.0. The summed E-state index contributed by atoms with van der Waals surface area (Å²) in [6, 6.07) is 24.2. The van der Waals surface area contributed by atoms with Gasteiger partial charge in [0, 0.05) is 51.4 Å². The zero-order valence-electron chi connectivity index (χ0n) is 36.0. The van der Waals surface area contributed by atoms with Crippen LogP contribution >= 0.6 is 0 Å². The van der Waals surface area contributed by atoms with Gasteiger partial charge in [0.25, 0.3) is 0 Å². The third-order valence-electron chi connectivity index (χ3n) is 13.2. The monoisotopic (exact) mass is 842 g/mol. The predicted molar refractivity (Wildman–Crippen MR) is 236 cm³/mol. The molecule has 2 N–H and O–H groups in total. The second-order valence-electron chi connectivity index (χ2n) is 17.3. The Morgan fingerprint density at radius 2 is 1.69 bits per heavy atom. The number of anilines is 1. The summed E-state index contributed by atoms with van der Waals surface area (Å²) in [5.74, 6) is -1.20. The van der Waals surface area contributed by atoms with Crippen molar-refractivity contribution in [1.29, 1.82) is 0 Å². The molecule has 0 radical (unpaired) electrons. The maximum atomic E-state index is 14.3. The molecule has 0 bridgehead atoms. The van der Waals surface area contributed by atoms with Crippen LogP contribution in [0.25, 0.3) is 11.1 Å². The number of ether oxygens (including phenoxy) is 2. The minimum atomic E-state index is -1.08. The number of hydrogen-bond donors (Lipinski definition) is 2. The van der Waals surface area contributed by atoms with Gasteiger partial charge in [0.15, 0.2) is 11.6 Å². The smallest absolute Gasteiger partial charge is 0.326 e. The van der Waals surface area contributed by atoms with Crippen LogP contribution in [0.3, 0.4) is 0 Å². The van der Waals surface area contributed by atoms with E-state index in [0.717, 1.165) is 94.5 Å². The molecule has 1 aliphatic carbocycles. The fraction of sp³-hybridized carbons (Fsp3) is 0.392. The van der Waals surface area contributed by atoms with Crippen LogP contribution in [-0.4, -0.2) is 59.1 Å². The first kappa shape index (κ1) is 42.9. The first-order valence-corrected chi connectivity index (χ1v) is 22.0. The lowest BCUT2D eigenvalue weighted by Crippen LogP contribution is -2.55. The Morgan fingerprint density at radius 3 is 2.40 bits per heavy atom. The number of aryl methyl sites for hydroxylation is 1. The number of aliphatic carboxylic acids is 1. The molecule has 11 heteroatoms. The molecular formula is C51H56F2N4O5. The molecule has 0 saturated heterocycles. The number of nitrogens with zero attached hydrogens (tertiary/aromatic N) is 3. The van der Waals surface area contributed by atoms with Gasteiger partial charge in [0.2, 0.25) is 5.91 Å². The predicted octanol–water partition coefficient (Wildman–Crippen LogP) is 9.86. The Hall–Kier alpha value is -5.81. The minimum absolute atomic E-state index is 0.171.